The Balaban J connectivity index is 1.75. The van der Waals surface area contributed by atoms with E-state index in [1.54, 1.807) is 36.0 Å². The first kappa shape index (κ1) is 21.1. The molecule has 2 aromatic carbocycles. The molecule has 1 heterocycles. The summed E-state index contributed by atoms with van der Waals surface area (Å²) in [6.07, 6.45) is 2.48. The molecule has 1 aromatic heterocycles. The summed E-state index contributed by atoms with van der Waals surface area (Å²) >= 11 is 3.04. The number of nitrogens with zero attached hydrogens (tertiary/aromatic N) is 1. The summed E-state index contributed by atoms with van der Waals surface area (Å²) in [4.78, 5) is 30.1. The van der Waals surface area contributed by atoms with Crippen LogP contribution in [0, 0.1) is 6.92 Å². The van der Waals surface area contributed by atoms with Crippen molar-refractivity contribution in [1.29, 1.82) is 0 Å². The SMILES string of the molecule is COc1ccccc1C(=O)N[C@H](CCSC)C(=O)Nc1nc2ccc(C)cc2s1. The van der Waals surface area contributed by atoms with Crippen LogP contribution in [-0.2, 0) is 4.79 Å². The average molecular weight is 430 g/mol. The zero-order valence-corrected chi connectivity index (χ0v) is 18.2. The number of hydrogen-bond acceptors (Lipinski definition) is 6. The molecule has 0 aliphatic rings. The molecule has 0 bridgehead atoms. The second kappa shape index (κ2) is 9.76. The summed E-state index contributed by atoms with van der Waals surface area (Å²) in [5, 5.41) is 6.22. The maximum absolute atomic E-state index is 12.9. The molecule has 3 rings (SSSR count). The van der Waals surface area contributed by atoms with Gasteiger partial charge >= 0.3 is 0 Å². The van der Waals surface area contributed by atoms with E-state index in [9.17, 15) is 9.59 Å². The Morgan fingerprint density at radius 2 is 2.03 bits per heavy atom. The number of thiazole rings is 1. The fraction of sp³-hybridized carbons (Fsp3) is 0.286. The van der Waals surface area contributed by atoms with Crippen LogP contribution in [-0.4, -0.2) is 42.0 Å². The number of fused-ring (bicyclic) bond motifs is 1. The molecule has 29 heavy (non-hydrogen) atoms. The number of methoxy groups -OCH3 is 1. The fourth-order valence-corrected chi connectivity index (χ4v) is 4.29. The normalized spacial score (nSPS) is 11.8. The van der Waals surface area contributed by atoms with Crippen molar-refractivity contribution in [3.05, 3.63) is 53.6 Å². The van der Waals surface area contributed by atoms with Crippen LogP contribution in [0.5, 0.6) is 5.75 Å². The summed E-state index contributed by atoms with van der Waals surface area (Å²) in [5.74, 6) is 0.584. The number of carbonyl (C=O) groups excluding carboxylic acids is 2. The van der Waals surface area contributed by atoms with E-state index < -0.39 is 6.04 Å². The van der Waals surface area contributed by atoms with E-state index in [2.05, 4.69) is 15.6 Å². The van der Waals surface area contributed by atoms with Gasteiger partial charge in [0, 0.05) is 0 Å². The Labute approximate surface area is 178 Å². The molecule has 2 amide bonds. The number of nitrogens with one attached hydrogen (secondary N) is 2. The lowest BCUT2D eigenvalue weighted by Crippen LogP contribution is -2.44. The minimum atomic E-state index is -0.673. The summed E-state index contributed by atoms with van der Waals surface area (Å²) < 4.78 is 6.27. The summed E-state index contributed by atoms with van der Waals surface area (Å²) in [6, 6.07) is 12.2. The highest BCUT2D eigenvalue weighted by atomic mass is 32.2. The zero-order valence-electron chi connectivity index (χ0n) is 16.5. The lowest BCUT2D eigenvalue weighted by Gasteiger charge is -2.18. The third kappa shape index (κ3) is 5.27. The van der Waals surface area contributed by atoms with Crippen molar-refractivity contribution in [1.82, 2.24) is 10.3 Å². The van der Waals surface area contributed by atoms with Crippen LogP contribution in [0.4, 0.5) is 5.13 Å². The van der Waals surface area contributed by atoms with E-state index in [0.717, 1.165) is 21.5 Å². The number of thioether (sulfide) groups is 1. The van der Waals surface area contributed by atoms with Gasteiger partial charge in [-0.05, 0) is 55.2 Å². The van der Waals surface area contributed by atoms with Crippen LogP contribution in [0.3, 0.4) is 0 Å². The van der Waals surface area contributed by atoms with Gasteiger partial charge in [-0.2, -0.15) is 11.8 Å². The highest BCUT2D eigenvalue weighted by molar-refractivity contribution is 7.98. The van der Waals surface area contributed by atoms with Gasteiger partial charge < -0.3 is 15.4 Å². The van der Waals surface area contributed by atoms with Crippen LogP contribution in [0.1, 0.15) is 22.3 Å². The van der Waals surface area contributed by atoms with Gasteiger partial charge in [0.2, 0.25) is 5.91 Å². The Morgan fingerprint density at radius 1 is 1.24 bits per heavy atom. The first-order chi connectivity index (χ1) is 14.0. The molecule has 0 unspecified atom stereocenters. The topological polar surface area (TPSA) is 80.3 Å². The standard InChI is InChI=1S/C21H23N3O3S2/c1-13-8-9-15-18(12-13)29-21(23-15)24-20(26)16(10-11-28-3)22-19(25)14-6-4-5-7-17(14)27-2/h4-9,12,16H,10-11H2,1-3H3,(H,22,25)(H,23,24,26)/t16-/m1/s1. The highest BCUT2D eigenvalue weighted by Crippen LogP contribution is 2.27. The number of hydrogen-bond donors (Lipinski definition) is 2. The number of aryl methyl sites for hydroxylation is 1. The van der Waals surface area contributed by atoms with Crippen LogP contribution >= 0.6 is 23.1 Å². The van der Waals surface area contributed by atoms with Crippen molar-refractivity contribution in [3.8, 4) is 5.75 Å². The van der Waals surface area contributed by atoms with Gasteiger partial charge in [-0.3, -0.25) is 9.59 Å². The quantitative estimate of drug-likeness (QED) is 0.563. The monoisotopic (exact) mass is 429 g/mol. The molecule has 6 nitrogen and oxygen atoms in total. The van der Waals surface area contributed by atoms with Crippen molar-refractivity contribution in [2.24, 2.45) is 0 Å². The van der Waals surface area contributed by atoms with Crippen molar-refractivity contribution >= 4 is 50.3 Å². The predicted molar refractivity (Wildman–Crippen MR) is 120 cm³/mol. The van der Waals surface area contributed by atoms with Crippen molar-refractivity contribution < 1.29 is 14.3 Å². The zero-order chi connectivity index (χ0) is 20.8. The fourth-order valence-electron chi connectivity index (χ4n) is 2.85. The number of amides is 2. The van der Waals surface area contributed by atoms with Gasteiger partial charge in [0.15, 0.2) is 5.13 Å². The largest absolute Gasteiger partial charge is 0.496 e. The Bertz CT molecular complexity index is 1020. The van der Waals surface area contributed by atoms with Crippen molar-refractivity contribution in [3.63, 3.8) is 0 Å². The molecular formula is C21H23N3O3S2. The van der Waals surface area contributed by atoms with E-state index in [0.29, 0.717) is 22.9 Å². The number of anilines is 1. The molecule has 1 atom stereocenters. The minimum Gasteiger partial charge on any atom is -0.496 e. The maximum atomic E-state index is 12.9. The number of para-hydroxylation sites is 1. The molecular weight excluding hydrogens is 406 g/mol. The van der Waals surface area contributed by atoms with E-state index in [-0.39, 0.29) is 11.8 Å². The van der Waals surface area contributed by atoms with Crippen LogP contribution in [0.15, 0.2) is 42.5 Å². The molecule has 152 valence electrons. The van der Waals surface area contributed by atoms with Gasteiger partial charge in [0.25, 0.3) is 5.91 Å². The minimum absolute atomic E-state index is 0.280. The Kier molecular flexibility index (Phi) is 7.11. The lowest BCUT2D eigenvalue weighted by atomic mass is 10.1. The third-order valence-electron chi connectivity index (χ3n) is 4.36. The number of benzene rings is 2. The van der Waals surface area contributed by atoms with E-state index >= 15 is 0 Å². The van der Waals surface area contributed by atoms with Crippen LogP contribution < -0.4 is 15.4 Å². The van der Waals surface area contributed by atoms with Gasteiger partial charge in [0.05, 0.1) is 22.9 Å². The molecule has 3 aromatic rings. The number of ether oxygens (including phenoxy) is 1. The van der Waals surface area contributed by atoms with Crippen molar-refractivity contribution in [2.75, 3.05) is 24.4 Å². The van der Waals surface area contributed by atoms with Crippen molar-refractivity contribution in [2.45, 2.75) is 19.4 Å². The molecule has 0 aliphatic carbocycles. The predicted octanol–water partition coefficient (Wildman–Crippen LogP) is 4.10. The molecule has 0 aliphatic heterocycles. The van der Waals surface area contributed by atoms with Crippen LogP contribution in [0.25, 0.3) is 10.2 Å². The van der Waals surface area contributed by atoms with Gasteiger partial charge in [-0.15, -0.1) is 0 Å². The van der Waals surface area contributed by atoms with Gasteiger partial charge in [-0.25, -0.2) is 4.98 Å². The molecule has 0 saturated carbocycles. The van der Waals surface area contributed by atoms with E-state index in [4.69, 9.17) is 4.74 Å². The molecule has 8 heteroatoms. The Hall–Kier alpha value is -2.58. The van der Waals surface area contributed by atoms with E-state index in [1.807, 2.05) is 31.4 Å². The smallest absolute Gasteiger partial charge is 0.255 e. The van der Waals surface area contributed by atoms with Crippen LogP contribution in [0.2, 0.25) is 0 Å². The molecule has 0 radical (unpaired) electrons. The third-order valence-corrected chi connectivity index (χ3v) is 5.94. The Morgan fingerprint density at radius 3 is 2.79 bits per heavy atom. The number of carbonyl (C=O) groups is 2. The molecule has 2 N–H and O–H groups in total. The molecule has 0 fully saturated rings. The van der Waals surface area contributed by atoms with Gasteiger partial charge in [0.1, 0.15) is 11.8 Å². The number of aromatic nitrogens is 1. The lowest BCUT2D eigenvalue weighted by molar-refractivity contribution is -0.118. The molecule has 0 saturated heterocycles. The number of rotatable bonds is 8. The second-order valence-corrected chi connectivity index (χ2v) is 8.50. The average Bonchev–Trinajstić information content (AvgIpc) is 3.11. The summed E-state index contributed by atoms with van der Waals surface area (Å²) in [7, 11) is 1.51. The summed E-state index contributed by atoms with van der Waals surface area (Å²) in [6.45, 7) is 2.02. The maximum Gasteiger partial charge on any atom is 0.255 e. The second-order valence-electron chi connectivity index (χ2n) is 6.49. The molecule has 0 spiro atoms. The van der Waals surface area contributed by atoms with Gasteiger partial charge in [-0.1, -0.05) is 29.5 Å². The highest BCUT2D eigenvalue weighted by Gasteiger charge is 2.23. The first-order valence-electron chi connectivity index (χ1n) is 9.12. The van der Waals surface area contributed by atoms with E-state index in [1.165, 1.54) is 18.4 Å². The first-order valence-corrected chi connectivity index (χ1v) is 11.3. The summed E-state index contributed by atoms with van der Waals surface area (Å²) in [5.41, 5.74) is 2.38.